The first kappa shape index (κ1) is 11.0. The van der Waals surface area contributed by atoms with Crippen molar-refractivity contribution in [2.45, 2.75) is 6.17 Å². The monoisotopic (exact) mass is 263 g/mol. The summed E-state index contributed by atoms with van der Waals surface area (Å²) in [6.45, 7) is 0. The maximum absolute atomic E-state index is 5.88. The second-order valence-corrected chi connectivity index (χ2v) is 4.72. The van der Waals surface area contributed by atoms with Crippen LogP contribution in [0.3, 0.4) is 0 Å². The van der Waals surface area contributed by atoms with Crippen LogP contribution in [0.4, 0.5) is 5.95 Å². The molecule has 5 heteroatoms. The number of para-hydroxylation sites is 2. The van der Waals surface area contributed by atoms with Gasteiger partial charge >= 0.3 is 0 Å². The van der Waals surface area contributed by atoms with Crippen molar-refractivity contribution in [3.05, 3.63) is 60.2 Å². The van der Waals surface area contributed by atoms with Crippen LogP contribution in [-0.4, -0.2) is 15.5 Å². The van der Waals surface area contributed by atoms with Crippen LogP contribution in [0.15, 0.2) is 59.6 Å². The number of nitrogens with zero attached hydrogens (tertiary/aromatic N) is 3. The number of nitrogens with one attached hydrogen (secondary N) is 1. The highest BCUT2D eigenvalue weighted by Gasteiger charge is 2.24. The summed E-state index contributed by atoms with van der Waals surface area (Å²) in [4.78, 5) is 9.09. The number of rotatable bonds is 1. The molecule has 1 aliphatic heterocycles. The number of benzene rings is 2. The summed E-state index contributed by atoms with van der Waals surface area (Å²) in [6.07, 6.45) is -0.181. The van der Waals surface area contributed by atoms with Crippen LogP contribution in [0.2, 0.25) is 0 Å². The van der Waals surface area contributed by atoms with E-state index in [1.165, 1.54) is 0 Å². The minimum Gasteiger partial charge on any atom is -0.370 e. The van der Waals surface area contributed by atoms with Crippen molar-refractivity contribution in [1.82, 2.24) is 9.55 Å². The zero-order valence-corrected chi connectivity index (χ0v) is 10.7. The predicted octanol–water partition coefficient (Wildman–Crippen LogP) is 2.32. The van der Waals surface area contributed by atoms with E-state index in [9.17, 15) is 0 Å². The number of hydrogen-bond donors (Lipinski definition) is 2. The second kappa shape index (κ2) is 4.09. The van der Waals surface area contributed by atoms with Crippen LogP contribution >= 0.6 is 0 Å². The van der Waals surface area contributed by atoms with Crippen molar-refractivity contribution in [2.24, 2.45) is 10.7 Å². The summed E-state index contributed by atoms with van der Waals surface area (Å²) in [5.74, 6) is 1.12. The summed E-state index contributed by atoms with van der Waals surface area (Å²) >= 11 is 0. The minimum atomic E-state index is -0.181. The van der Waals surface area contributed by atoms with Gasteiger partial charge in [0.15, 0.2) is 12.1 Å². The minimum absolute atomic E-state index is 0.181. The molecule has 0 fully saturated rings. The van der Waals surface area contributed by atoms with Gasteiger partial charge in [-0.1, -0.05) is 42.5 Å². The molecule has 0 bridgehead atoms. The van der Waals surface area contributed by atoms with Gasteiger partial charge in [-0.15, -0.1) is 0 Å². The van der Waals surface area contributed by atoms with Crippen molar-refractivity contribution in [3.8, 4) is 0 Å². The van der Waals surface area contributed by atoms with Crippen LogP contribution in [0, 0.1) is 0 Å². The van der Waals surface area contributed by atoms with E-state index in [4.69, 9.17) is 5.73 Å². The normalized spacial score (nSPS) is 17.4. The second-order valence-electron chi connectivity index (χ2n) is 4.72. The Morgan fingerprint density at radius 1 is 1.00 bits per heavy atom. The Labute approximate surface area is 115 Å². The Morgan fingerprint density at radius 2 is 1.75 bits per heavy atom. The van der Waals surface area contributed by atoms with Gasteiger partial charge in [0.25, 0.3) is 0 Å². The van der Waals surface area contributed by atoms with Gasteiger partial charge in [-0.2, -0.15) is 0 Å². The predicted molar refractivity (Wildman–Crippen MR) is 79.6 cm³/mol. The lowest BCUT2D eigenvalue weighted by molar-refractivity contribution is 0.626. The molecule has 1 aromatic heterocycles. The van der Waals surface area contributed by atoms with Crippen molar-refractivity contribution in [3.63, 3.8) is 0 Å². The van der Waals surface area contributed by atoms with E-state index >= 15 is 0 Å². The summed E-state index contributed by atoms with van der Waals surface area (Å²) in [6, 6.07) is 18.1. The molecular weight excluding hydrogens is 250 g/mol. The van der Waals surface area contributed by atoms with Gasteiger partial charge in [0.1, 0.15) is 0 Å². The van der Waals surface area contributed by atoms with Crippen molar-refractivity contribution in [2.75, 3.05) is 5.32 Å². The van der Waals surface area contributed by atoms with Gasteiger partial charge in [-0.3, -0.25) is 9.88 Å². The van der Waals surface area contributed by atoms with Gasteiger partial charge in [-0.05, 0) is 17.7 Å². The third kappa shape index (κ3) is 1.56. The number of anilines is 1. The molecule has 0 saturated heterocycles. The Morgan fingerprint density at radius 3 is 2.60 bits per heavy atom. The Hall–Kier alpha value is -2.82. The van der Waals surface area contributed by atoms with Gasteiger partial charge in [0.05, 0.1) is 11.0 Å². The number of aromatic nitrogens is 2. The van der Waals surface area contributed by atoms with E-state index < -0.39 is 0 Å². The average Bonchev–Trinajstić information content (AvgIpc) is 2.85. The number of fused-ring (bicyclic) bond motifs is 3. The molecule has 3 aromatic rings. The number of nitrogens with two attached hydrogens (primary N) is 1. The van der Waals surface area contributed by atoms with Crippen LogP contribution in [0.1, 0.15) is 11.7 Å². The zero-order chi connectivity index (χ0) is 13.5. The molecule has 0 aliphatic carbocycles. The molecule has 3 N–H and O–H groups in total. The first-order valence-electron chi connectivity index (χ1n) is 6.45. The Kier molecular flexibility index (Phi) is 2.26. The Balaban J connectivity index is 1.98. The number of aliphatic imine (C=N–C) groups is 1. The highest BCUT2D eigenvalue weighted by molar-refractivity contribution is 5.94. The summed E-state index contributed by atoms with van der Waals surface area (Å²) in [7, 11) is 0. The summed E-state index contributed by atoms with van der Waals surface area (Å²) < 4.78 is 2.07. The van der Waals surface area contributed by atoms with E-state index in [0.717, 1.165) is 22.5 Å². The van der Waals surface area contributed by atoms with E-state index in [1.54, 1.807) is 0 Å². The number of guanidine groups is 1. The van der Waals surface area contributed by atoms with E-state index in [1.807, 2.05) is 54.6 Å². The standard InChI is InChI=1S/C15H13N5/c16-14-18-13(10-6-2-1-3-7-10)20-12-9-5-4-8-11(12)17-15(20)19-14/h1-9,13H,(H3,16,17,18,19)/t13-/m0/s1. The number of imidazole rings is 1. The van der Waals surface area contributed by atoms with E-state index in [-0.39, 0.29) is 6.17 Å². The average molecular weight is 263 g/mol. The third-order valence-corrected chi connectivity index (χ3v) is 3.44. The van der Waals surface area contributed by atoms with Crippen molar-refractivity contribution in [1.29, 1.82) is 0 Å². The molecule has 1 aliphatic rings. The fourth-order valence-electron chi connectivity index (χ4n) is 2.57. The molecule has 5 nitrogen and oxygen atoms in total. The first-order chi connectivity index (χ1) is 9.83. The largest absolute Gasteiger partial charge is 0.370 e. The lowest BCUT2D eigenvalue weighted by Gasteiger charge is -2.23. The molecule has 4 rings (SSSR count). The summed E-state index contributed by atoms with van der Waals surface area (Å²) in [5.41, 5.74) is 8.94. The van der Waals surface area contributed by atoms with Crippen molar-refractivity contribution < 1.29 is 0 Å². The molecule has 0 spiro atoms. The lowest BCUT2D eigenvalue weighted by Crippen LogP contribution is -2.31. The van der Waals surface area contributed by atoms with Crippen LogP contribution < -0.4 is 11.1 Å². The maximum Gasteiger partial charge on any atom is 0.212 e. The fraction of sp³-hybridized carbons (Fsp3) is 0.0667. The van der Waals surface area contributed by atoms with E-state index in [2.05, 4.69) is 19.9 Å². The molecular formula is C15H13N5. The molecule has 0 radical (unpaired) electrons. The van der Waals surface area contributed by atoms with Gasteiger partial charge in [0, 0.05) is 0 Å². The molecule has 0 saturated carbocycles. The zero-order valence-electron chi connectivity index (χ0n) is 10.7. The first-order valence-corrected chi connectivity index (χ1v) is 6.45. The van der Waals surface area contributed by atoms with E-state index in [0.29, 0.717) is 5.96 Å². The molecule has 2 heterocycles. The molecule has 0 unspecified atom stereocenters. The quantitative estimate of drug-likeness (QED) is 0.708. The molecule has 1 atom stereocenters. The summed E-state index contributed by atoms with van der Waals surface area (Å²) in [5, 5.41) is 3.03. The molecule has 0 amide bonds. The van der Waals surface area contributed by atoms with Gasteiger partial charge in [0.2, 0.25) is 5.95 Å². The number of hydrogen-bond acceptors (Lipinski definition) is 4. The highest BCUT2D eigenvalue weighted by atomic mass is 15.4. The van der Waals surface area contributed by atoms with Gasteiger partial charge in [-0.25, -0.2) is 9.98 Å². The topological polar surface area (TPSA) is 68.2 Å². The van der Waals surface area contributed by atoms with Gasteiger partial charge < -0.3 is 5.73 Å². The maximum atomic E-state index is 5.88. The third-order valence-electron chi connectivity index (χ3n) is 3.44. The molecule has 98 valence electrons. The molecule has 20 heavy (non-hydrogen) atoms. The Bertz CT molecular complexity index is 804. The fourth-order valence-corrected chi connectivity index (χ4v) is 2.57. The SMILES string of the molecule is NC1=N[C@H](c2ccccc2)n2c(nc3ccccc32)N1. The lowest BCUT2D eigenvalue weighted by atomic mass is 10.1. The van der Waals surface area contributed by atoms with Crippen LogP contribution in [0.5, 0.6) is 0 Å². The van der Waals surface area contributed by atoms with Crippen molar-refractivity contribution >= 4 is 22.9 Å². The van der Waals surface area contributed by atoms with Crippen LogP contribution in [0.25, 0.3) is 11.0 Å². The smallest absolute Gasteiger partial charge is 0.212 e. The molecule has 2 aromatic carbocycles. The van der Waals surface area contributed by atoms with Crippen LogP contribution in [-0.2, 0) is 0 Å². The highest BCUT2D eigenvalue weighted by Crippen LogP contribution is 2.31.